The maximum Gasteiger partial charge on any atom is 0.259 e. The highest BCUT2D eigenvalue weighted by Gasteiger charge is 2.17. The summed E-state index contributed by atoms with van der Waals surface area (Å²) in [6, 6.07) is 7.35. The molecule has 2 aromatic rings. The van der Waals surface area contributed by atoms with Gasteiger partial charge in [-0.15, -0.1) is 0 Å². The normalized spacial score (nSPS) is 10.3. The summed E-state index contributed by atoms with van der Waals surface area (Å²) in [7, 11) is 1.47. The predicted molar refractivity (Wildman–Crippen MR) is 87.8 cm³/mol. The highest BCUT2D eigenvalue weighted by atomic mass is 79.9. The van der Waals surface area contributed by atoms with E-state index in [9.17, 15) is 9.18 Å². The smallest absolute Gasteiger partial charge is 0.259 e. The Morgan fingerprint density at radius 2 is 2.00 bits per heavy atom. The molecule has 0 bridgehead atoms. The lowest BCUT2D eigenvalue weighted by atomic mass is 10.2. The van der Waals surface area contributed by atoms with Crippen LogP contribution in [-0.4, -0.2) is 13.0 Å². The van der Waals surface area contributed by atoms with Gasteiger partial charge in [-0.1, -0.05) is 27.5 Å². The van der Waals surface area contributed by atoms with Crippen LogP contribution in [0.5, 0.6) is 5.75 Å². The van der Waals surface area contributed by atoms with E-state index in [2.05, 4.69) is 37.2 Å². The van der Waals surface area contributed by atoms with Crippen LogP contribution in [0, 0.1) is 5.82 Å². The number of methoxy groups -OCH3 is 1. The molecule has 0 saturated carbocycles. The van der Waals surface area contributed by atoms with Crippen molar-refractivity contribution < 1.29 is 13.9 Å². The molecule has 0 aliphatic heterocycles. The molecule has 110 valence electrons. The Morgan fingerprint density at radius 1 is 1.29 bits per heavy atom. The first-order chi connectivity index (χ1) is 9.92. The van der Waals surface area contributed by atoms with Crippen LogP contribution in [0.25, 0.3) is 0 Å². The summed E-state index contributed by atoms with van der Waals surface area (Å²) in [6.45, 7) is 0. The molecule has 1 amide bonds. The Balaban J connectivity index is 2.34. The Bertz CT molecular complexity index is 710. The van der Waals surface area contributed by atoms with Gasteiger partial charge in [0.2, 0.25) is 0 Å². The molecule has 0 atom stereocenters. The van der Waals surface area contributed by atoms with Crippen molar-refractivity contribution in [3.8, 4) is 5.75 Å². The van der Waals surface area contributed by atoms with Gasteiger partial charge < -0.3 is 10.1 Å². The number of carbonyl (C=O) groups is 1. The Labute approximate surface area is 142 Å². The molecule has 3 nitrogen and oxygen atoms in total. The SMILES string of the molecule is COc1c(Br)cc(Br)cc1C(=O)Nc1ccc(F)c(Cl)c1. The monoisotopic (exact) mass is 435 g/mol. The molecule has 0 aliphatic carbocycles. The molecular weight excluding hydrogens is 428 g/mol. The first-order valence-corrected chi connectivity index (χ1v) is 7.68. The first-order valence-electron chi connectivity index (χ1n) is 5.72. The molecule has 0 unspecified atom stereocenters. The van der Waals surface area contributed by atoms with Gasteiger partial charge in [0, 0.05) is 10.2 Å². The molecule has 2 rings (SSSR count). The molecule has 7 heteroatoms. The largest absolute Gasteiger partial charge is 0.495 e. The maximum atomic E-state index is 13.1. The number of hydrogen-bond acceptors (Lipinski definition) is 2. The van der Waals surface area contributed by atoms with Gasteiger partial charge in [0.15, 0.2) is 0 Å². The maximum absolute atomic E-state index is 13.1. The summed E-state index contributed by atoms with van der Waals surface area (Å²) in [5.41, 5.74) is 0.726. The lowest BCUT2D eigenvalue weighted by molar-refractivity contribution is 0.102. The third-order valence-corrected chi connectivity index (χ3v) is 3.97. The predicted octanol–water partition coefficient (Wildman–Crippen LogP) is 5.27. The van der Waals surface area contributed by atoms with E-state index in [-0.39, 0.29) is 5.02 Å². The Kier molecular flexibility index (Phi) is 5.24. The van der Waals surface area contributed by atoms with Crippen molar-refractivity contribution in [3.63, 3.8) is 0 Å². The molecular formula is C14H9Br2ClFNO2. The van der Waals surface area contributed by atoms with Crippen molar-refractivity contribution in [1.82, 2.24) is 0 Å². The van der Waals surface area contributed by atoms with Gasteiger partial charge in [0.25, 0.3) is 5.91 Å². The summed E-state index contributed by atoms with van der Waals surface area (Å²) in [5.74, 6) is -0.530. The van der Waals surface area contributed by atoms with Crippen molar-refractivity contribution in [3.05, 3.63) is 55.7 Å². The van der Waals surface area contributed by atoms with Crippen LogP contribution in [0.2, 0.25) is 5.02 Å². The highest BCUT2D eigenvalue weighted by Crippen LogP contribution is 2.33. The van der Waals surface area contributed by atoms with E-state index in [4.69, 9.17) is 16.3 Å². The molecule has 21 heavy (non-hydrogen) atoms. The summed E-state index contributed by atoms with van der Waals surface area (Å²) in [6.07, 6.45) is 0. The van der Waals surface area contributed by atoms with Crippen molar-refractivity contribution in [1.29, 1.82) is 0 Å². The summed E-state index contributed by atoms with van der Waals surface area (Å²) in [4.78, 5) is 12.3. The van der Waals surface area contributed by atoms with Crippen LogP contribution in [0.3, 0.4) is 0 Å². The van der Waals surface area contributed by atoms with Crippen molar-refractivity contribution in [2.45, 2.75) is 0 Å². The zero-order valence-electron chi connectivity index (χ0n) is 10.7. The number of anilines is 1. The molecule has 0 aromatic heterocycles. The van der Waals surface area contributed by atoms with E-state index in [0.29, 0.717) is 21.5 Å². The molecule has 0 fully saturated rings. The third kappa shape index (κ3) is 3.75. The van der Waals surface area contributed by atoms with Crippen LogP contribution in [0.15, 0.2) is 39.3 Å². The van der Waals surface area contributed by atoms with E-state index in [0.717, 1.165) is 4.47 Å². The minimum absolute atomic E-state index is 0.0600. The Morgan fingerprint density at radius 3 is 2.62 bits per heavy atom. The number of carbonyl (C=O) groups excluding carboxylic acids is 1. The third-order valence-electron chi connectivity index (χ3n) is 2.63. The molecule has 2 aromatic carbocycles. The van der Waals surface area contributed by atoms with Gasteiger partial charge in [-0.2, -0.15) is 0 Å². The molecule has 0 heterocycles. The van der Waals surface area contributed by atoms with Gasteiger partial charge in [0.05, 0.1) is 22.2 Å². The van der Waals surface area contributed by atoms with Crippen molar-refractivity contribution >= 4 is 55.1 Å². The fourth-order valence-electron chi connectivity index (χ4n) is 1.71. The van der Waals surface area contributed by atoms with Crippen LogP contribution >= 0.6 is 43.5 Å². The molecule has 0 saturated heterocycles. The number of ether oxygens (including phenoxy) is 1. The first kappa shape index (κ1) is 16.3. The molecule has 0 aliphatic rings. The molecule has 0 spiro atoms. The molecule has 1 N–H and O–H groups in total. The van der Waals surface area contributed by atoms with Crippen LogP contribution in [0.1, 0.15) is 10.4 Å². The second-order valence-corrected chi connectivity index (χ2v) is 6.23. The number of benzene rings is 2. The number of halogens is 4. The quantitative estimate of drug-likeness (QED) is 0.711. The van der Waals surface area contributed by atoms with E-state index >= 15 is 0 Å². The van der Waals surface area contributed by atoms with E-state index in [1.54, 1.807) is 12.1 Å². The zero-order valence-corrected chi connectivity index (χ0v) is 14.6. The van der Waals surface area contributed by atoms with Gasteiger partial charge in [0.1, 0.15) is 11.6 Å². The number of nitrogens with one attached hydrogen (secondary N) is 1. The fraction of sp³-hybridized carbons (Fsp3) is 0.0714. The summed E-state index contributed by atoms with van der Waals surface area (Å²) >= 11 is 12.3. The van der Waals surface area contributed by atoms with Gasteiger partial charge >= 0.3 is 0 Å². The Hall–Kier alpha value is -1.11. The number of hydrogen-bond donors (Lipinski definition) is 1. The fourth-order valence-corrected chi connectivity index (χ4v) is 3.28. The van der Waals surface area contributed by atoms with E-state index in [1.165, 1.54) is 25.3 Å². The van der Waals surface area contributed by atoms with Crippen LogP contribution in [0.4, 0.5) is 10.1 Å². The topological polar surface area (TPSA) is 38.3 Å². The number of amides is 1. The van der Waals surface area contributed by atoms with Gasteiger partial charge in [-0.3, -0.25) is 4.79 Å². The van der Waals surface area contributed by atoms with Crippen molar-refractivity contribution in [2.75, 3.05) is 12.4 Å². The second-order valence-electron chi connectivity index (χ2n) is 4.05. The zero-order chi connectivity index (χ0) is 15.6. The van der Waals surface area contributed by atoms with E-state index < -0.39 is 11.7 Å². The van der Waals surface area contributed by atoms with Gasteiger partial charge in [-0.05, 0) is 46.3 Å². The van der Waals surface area contributed by atoms with Crippen LogP contribution < -0.4 is 10.1 Å². The van der Waals surface area contributed by atoms with Crippen LogP contribution in [-0.2, 0) is 0 Å². The average Bonchev–Trinajstić information content (AvgIpc) is 2.42. The summed E-state index contributed by atoms with van der Waals surface area (Å²) in [5, 5.41) is 2.58. The van der Waals surface area contributed by atoms with Crippen molar-refractivity contribution in [2.24, 2.45) is 0 Å². The number of rotatable bonds is 3. The van der Waals surface area contributed by atoms with E-state index in [1.807, 2.05) is 0 Å². The average molecular weight is 437 g/mol. The summed E-state index contributed by atoms with van der Waals surface area (Å²) < 4.78 is 19.7. The lowest BCUT2D eigenvalue weighted by Gasteiger charge is -2.12. The second kappa shape index (κ2) is 6.77. The highest BCUT2D eigenvalue weighted by molar-refractivity contribution is 9.11. The molecule has 0 radical (unpaired) electrons. The minimum atomic E-state index is -0.544. The van der Waals surface area contributed by atoms with Gasteiger partial charge in [-0.25, -0.2) is 4.39 Å². The lowest BCUT2D eigenvalue weighted by Crippen LogP contribution is -2.13. The minimum Gasteiger partial charge on any atom is -0.495 e. The standard InChI is InChI=1S/C14H9Br2ClFNO2/c1-21-13-9(4-7(15)5-10(13)16)14(20)19-8-2-3-12(18)11(17)6-8/h2-6H,1H3,(H,19,20).